The fraction of sp³-hybridized carbons (Fsp3) is 0.400. The first-order chi connectivity index (χ1) is 9.67. The van der Waals surface area contributed by atoms with Crippen LogP contribution >= 0.6 is 0 Å². The van der Waals surface area contributed by atoms with Crippen LogP contribution in [0.5, 0.6) is 0 Å². The predicted octanol–water partition coefficient (Wildman–Crippen LogP) is 2.87. The average Bonchev–Trinajstić information content (AvgIpc) is 2.89. The summed E-state index contributed by atoms with van der Waals surface area (Å²) in [6.07, 6.45) is 3.99. The van der Waals surface area contributed by atoms with E-state index in [1.54, 1.807) is 4.68 Å². The molecule has 0 spiro atoms. The number of rotatable bonds is 6. The summed E-state index contributed by atoms with van der Waals surface area (Å²) < 4.78 is 1.60. The van der Waals surface area contributed by atoms with Gasteiger partial charge >= 0.3 is 5.97 Å². The van der Waals surface area contributed by atoms with Gasteiger partial charge in [0.15, 0.2) is 5.69 Å². The molecule has 20 heavy (non-hydrogen) atoms. The van der Waals surface area contributed by atoms with Crippen LogP contribution in [-0.4, -0.2) is 26.1 Å². The SMILES string of the molecule is CCCCc1ccc(-n2nnc(C(=O)O)c2CC)cc1. The maximum Gasteiger partial charge on any atom is 0.358 e. The summed E-state index contributed by atoms with van der Waals surface area (Å²) in [7, 11) is 0. The van der Waals surface area contributed by atoms with Crippen molar-refractivity contribution in [2.45, 2.75) is 39.5 Å². The van der Waals surface area contributed by atoms with Gasteiger partial charge in [0, 0.05) is 0 Å². The van der Waals surface area contributed by atoms with Crippen molar-refractivity contribution in [3.63, 3.8) is 0 Å². The van der Waals surface area contributed by atoms with Crippen LogP contribution in [0.25, 0.3) is 5.69 Å². The van der Waals surface area contributed by atoms with E-state index in [4.69, 9.17) is 5.11 Å². The minimum absolute atomic E-state index is 0.0301. The molecule has 0 fully saturated rings. The van der Waals surface area contributed by atoms with Gasteiger partial charge in [0.25, 0.3) is 0 Å². The maximum atomic E-state index is 11.1. The second-order valence-corrected chi connectivity index (χ2v) is 4.73. The molecule has 2 aromatic rings. The predicted molar refractivity (Wildman–Crippen MR) is 76.3 cm³/mol. The van der Waals surface area contributed by atoms with Crippen LogP contribution in [0.4, 0.5) is 0 Å². The molecule has 0 aliphatic rings. The number of hydrogen-bond acceptors (Lipinski definition) is 3. The molecule has 1 heterocycles. The molecule has 1 aromatic carbocycles. The van der Waals surface area contributed by atoms with Crippen molar-refractivity contribution >= 4 is 5.97 Å². The van der Waals surface area contributed by atoms with Crippen LogP contribution < -0.4 is 0 Å². The average molecular weight is 273 g/mol. The summed E-state index contributed by atoms with van der Waals surface area (Å²) >= 11 is 0. The van der Waals surface area contributed by atoms with Crippen LogP contribution in [0, 0.1) is 0 Å². The topological polar surface area (TPSA) is 68.0 Å². The van der Waals surface area contributed by atoms with Crippen molar-refractivity contribution in [1.29, 1.82) is 0 Å². The molecule has 0 unspecified atom stereocenters. The number of aromatic nitrogens is 3. The van der Waals surface area contributed by atoms with Gasteiger partial charge in [0.05, 0.1) is 11.4 Å². The molecular weight excluding hydrogens is 254 g/mol. The van der Waals surface area contributed by atoms with E-state index in [1.165, 1.54) is 18.4 Å². The number of unbranched alkanes of at least 4 members (excludes halogenated alkanes) is 1. The number of aryl methyl sites for hydroxylation is 1. The summed E-state index contributed by atoms with van der Waals surface area (Å²) in [5.41, 5.74) is 2.79. The monoisotopic (exact) mass is 273 g/mol. The van der Waals surface area contributed by atoms with Crippen LogP contribution in [0.15, 0.2) is 24.3 Å². The number of carboxylic acid groups (broad SMARTS) is 1. The van der Waals surface area contributed by atoms with E-state index in [0.29, 0.717) is 12.1 Å². The molecule has 1 N–H and O–H groups in total. The third-order valence-electron chi connectivity index (χ3n) is 3.30. The van der Waals surface area contributed by atoms with Crippen LogP contribution in [0.3, 0.4) is 0 Å². The number of carbonyl (C=O) groups is 1. The molecule has 1 aromatic heterocycles. The van der Waals surface area contributed by atoms with Crippen LogP contribution in [0.2, 0.25) is 0 Å². The molecule has 0 bridgehead atoms. The zero-order valence-electron chi connectivity index (χ0n) is 11.8. The molecule has 5 nitrogen and oxygen atoms in total. The summed E-state index contributed by atoms with van der Waals surface area (Å²) in [6.45, 7) is 4.07. The second kappa shape index (κ2) is 6.32. The lowest BCUT2D eigenvalue weighted by Crippen LogP contribution is -2.05. The molecular formula is C15H19N3O2. The Labute approximate surface area is 118 Å². The minimum atomic E-state index is -1.03. The van der Waals surface area contributed by atoms with E-state index in [-0.39, 0.29) is 5.69 Å². The fourth-order valence-electron chi connectivity index (χ4n) is 2.18. The maximum absolute atomic E-state index is 11.1. The summed E-state index contributed by atoms with van der Waals surface area (Å²) in [5.74, 6) is -1.03. The lowest BCUT2D eigenvalue weighted by Gasteiger charge is -2.06. The zero-order valence-corrected chi connectivity index (χ0v) is 11.8. The van der Waals surface area contributed by atoms with Crippen LogP contribution in [-0.2, 0) is 12.8 Å². The highest BCUT2D eigenvalue weighted by Gasteiger charge is 2.18. The molecule has 2 rings (SSSR count). The van der Waals surface area contributed by atoms with E-state index in [2.05, 4.69) is 29.4 Å². The molecule has 0 aliphatic heterocycles. The third-order valence-corrected chi connectivity index (χ3v) is 3.30. The normalized spacial score (nSPS) is 10.7. The first kappa shape index (κ1) is 14.2. The number of benzene rings is 1. The molecule has 0 radical (unpaired) electrons. The van der Waals surface area contributed by atoms with Gasteiger partial charge < -0.3 is 5.11 Å². The largest absolute Gasteiger partial charge is 0.476 e. The van der Waals surface area contributed by atoms with Crippen molar-refractivity contribution in [2.75, 3.05) is 0 Å². The van der Waals surface area contributed by atoms with E-state index >= 15 is 0 Å². The van der Waals surface area contributed by atoms with Gasteiger partial charge in [0.2, 0.25) is 0 Å². The van der Waals surface area contributed by atoms with Gasteiger partial charge in [-0.25, -0.2) is 9.48 Å². The molecule has 0 saturated heterocycles. The Morgan fingerprint density at radius 3 is 2.50 bits per heavy atom. The smallest absolute Gasteiger partial charge is 0.358 e. The molecule has 0 atom stereocenters. The minimum Gasteiger partial charge on any atom is -0.476 e. The lowest BCUT2D eigenvalue weighted by atomic mass is 10.1. The Balaban J connectivity index is 2.29. The number of nitrogens with zero attached hydrogens (tertiary/aromatic N) is 3. The van der Waals surface area contributed by atoms with Crippen molar-refractivity contribution in [3.8, 4) is 5.69 Å². The van der Waals surface area contributed by atoms with Gasteiger partial charge in [0.1, 0.15) is 0 Å². The van der Waals surface area contributed by atoms with Gasteiger partial charge in [-0.05, 0) is 37.0 Å². The lowest BCUT2D eigenvalue weighted by molar-refractivity contribution is 0.0689. The number of hydrogen-bond donors (Lipinski definition) is 1. The third kappa shape index (κ3) is 2.87. The first-order valence-electron chi connectivity index (χ1n) is 6.94. The Morgan fingerprint density at radius 2 is 1.95 bits per heavy atom. The Bertz CT molecular complexity index is 588. The number of carboxylic acids is 1. The van der Waals surface area contributed by atoms with Gasteiger partial charge in [-0.3, -0.25) is 0 Å². The second-order valence-electron chi connectivity index (χ2n) is 4.73. The van der Waals surface area contributed by atoms with E-state index in [9.17, 15) is 4.79 Å². The van der Waals surface area contributed by atoms with Gasteiger partial charge in [-0.1, -0.05) is 37.6 Å². The van der Waals surface area contributed by atoms with E-state index < -0.39 is 5.97 Å². The highest BCUT2D eigenvalue weighted by molar-refractivity contribution is 5.86. The fourth-order valence-corrected chi connectivity index (χ4v) is 2.18. The number of aromatic carboxylic acids is 1. The standard InChI is InChI=1S/C15H19N3O2/c1-3-5-6-11-7-9-12(10-8-11)18-13(4-2)14(15(19)20)16-17-18/h7-10H,3-6H2,1-2H3,(H,19,20). The molecule has 0 saturated carbocycles. The molecule has 0 aliphatic carbocycles. The van der Waals surface area contributed by atoms with E-state index in [0.717, 1.165) is 12.1 Å². The Hall–Kier alpha value is -2.17. The Morgan fingerprint density at radius 1 is 1.25 bits per heavy atom. The highest BCUT2D eigenvalue weighted by Crippen LogP contribution is 2.15. The highest BCUT2D eigenvalue weighted by atomic mass is 16.4. The van der Waals surface area contributed by atoms with Crippen molar-refractivity contribution < 1.29 is 9.90 Å². The molecule has 106 valence electrons. The van der Waals surface area contributed by atoms with Crippen molar-refractivity contribution in [2.24, 2.45) is 0 Å². The van der Waals surface area contributed by atoms with E-state index in [1.807, 2.05) is 19.1 Å². The Kier molecular flexibility index (Phi) is 4.50. The van der Waals surface area contributed by atoms with Crippen molar-refractivity contribution in [1.82, 2.24) is 15.0 Å². The summed E-state index contributed by atoms with van der Waals surface area (Å²) in [5, 5.41) is 16.8. The first-order valence-corrected chi connectivity index (χ1v) is 6.94. The summed E-state index contributed by atoms with van der Waals surface area (Å²) in [4.78, 5) is 11.1. The molecule has 0 amide bonds. The molecule has 5 heteroatoms. The zero-order chi connectivity index (χ0) is 14.5. The quantitative estimate of drug-likeness (QED) is 0.878. The van der Waals surface area contributed by atoms with Gasteiger partial charge in [-0.2, -0.15) is 0 Å². The van der Waals surface area contributed by atoms with Crippen LogP contribution in [0.1, 0.15) is 48.4 Å². The van der Waals surface area contributed by atoms with Gasteiger partial charge in [-0.15, -0.1) is 5.10 Å². The summed E-state index contributed by atoms with van der Waals surface area (Å²) in [6, 6.07) is 8.05. The van der Waals surface area contributed by atoms with Crippen molar-refractivity contribution in [3.05, 3.63) is 41.2 Å².